The van der Waals surface area contributed by atoms with E-state index in [1.54, 1.807) is 6.07 Å². The minimum Gasteiger partial charge on any atom is -0.364 e. The molecule has 104 valence electrons. The molecule has 0 fully saturated rings. The lowest BCUT2D eigenvalue weighted by Gasteiger charge is -2.08. The highest BCUT2D eigenvalue weighted by Crippen LogP contribution is 2.33. The van der Waals surface area contributed by atoms with E-state index < -0.39 is 10.7 Å². The topological polar surface area (TPSA) is 81.0 Å². The molecule has 0 atom stereocenters. The van der Waals surface area contributed by atoms with Crippen LogP contribution >= 0.6 is 0 Å². The van der Waals surface area contributed by atoms with Gasteiger partial charge in [-0.05, 0) is 18.6 Å². The quantitative estimate of drug-likeness (QED) is 0.670. The first-order valence-electron chi connectivity index (χ1n) is 6.13. The van der Waals surface area contributed by atoms with Crippen molar-refractivity contribution < 1.29 is 9.31 Å². The van der Waals surface area contributed by atoms with Crippen LogP contribution in [0, 0.1) is 15.9 Å². The number of rotatable bonds is 5. The van der Waals surface area contributed by atoms with Crippen molar-refractivity contribution in [2.45, 2.75) is 13.3 Å². The lowest BCUT2D eigenvalue weighted by molar-refractivity contribution is -0.383. The van der Waals surface area contributed by atoms with Gasteiger partial charge in [0.2, 0.25) is 5.82 Å². The van der Waals surface area contributed by atoms with Crippen molar-refractivity contribution in [3.05, 3.63) is 46.5 Å². The molecule has 1 heterocycles. The molecular formula is C13H13FN4O2. The molecular weight excluding hydrogens is 263 g/mol. The van der Waals surface area contributed by atoms with Crippen molar-refractivity contribution in [3.63, 3.8) is 0 Å². The molecule has 7 heteroatoms. The van der Waals surface area contributed by atoms with Crippen LogP contribution in [0.1, 0.15) is 13.3 Å². The van der Waals surface area contributed by atoms with Gasteiger partial charge in [-0.2, -0.15) is 0 Å². The summed E-state index contributed by atoms with van der Waals surface area (Å²) in [5.41, 5.74) is -0.256. The fourth-order valence-electron chi connectivity index (χ4n) is 1.77. The van der Waals surface area contributed by atoms with Gasteiger partial charge in [-0.15, -0.1) is 0 Å². The predicted molar refractivity (Wildman–Crippen MR) is 72.9 cm³/mol. The summed E-state index contributed by atoms with van der Waals surface area (Å²) >= 11 is 0. The fraction of sp³-hybridized carbons (Fsp3) is 0.231. The number of aromatic nitrogens is 2. The molecule has 1 aromatic heterocycles. The highest BCUT2D eigenvalue weighted by atomic mass is 19.1. The van der Waals surface area contributed by atoms with Gasteiger partial charge in [-0.3, -0.25) is 10.1 Å². The van der Waals surface area contributed by atoms with Crippen LogP contribution in [0.5, 0.6) is 0 Å². The van der Waals surface area contributed by atoms with E-state index in [0.29, 0.717) is 6.54 Å². The number of halogens is 1. The third kappa shape index (κ3) is 2.71. The Balaban J connectivity index is 2.58. The summed E-state index contributed by atoms with van der Waals surface area (Å²) in [5, 5.41) is 14.1. The Morgan fingerprint density at radius 1 is 1.35 bits per heavy atom. The molecule has 0 aliphatic heterocycles. The Bertz CT molecular complexity index is 634. The van der Waals surface area contributed by atoms with Crippen molar-refractivity contribution in [1.82, 2.24) is 9.97 Å². The van der Waals surface area contributed by atoms with Crippen LogP contribution in [0.15, 0.2) is 30.6 Å². The van der Waals surface area contributed by atoms with E-state index in [4.69, 9.17) is 0 Å². The number of hydrogen-bond acceptors (Lipinski definition) is 5. The zero-order chi connectivity index (χ0) is 14.5. The zero-order valence-electron chi connectivity index (χ0n) is 10.8. The van der Waals surface area contributed by atoms with Crippen molar-refractivity contribution >= 4 is 11.5 Å². The summed E-state index contributed by atoms with van der Waals surface area (Å²) in [5.74, 6) is -0.458. The number of hydrogen-bond donors (Lipinski definition) is 1. The number of benzene rings is 1. The zero-order valence-corrected chi connectivity index (χ0v) is 10.8. The highest BCUT2D eigenvalue weighted by Gasteiger charge is 2.25. The monoisotopic (exact) mass is 276 g/mol. The van der Waals surface area contributed by atoms with Crippen LogP contribution in [0.3, 0.4) is 0 Å². The van der Waals surface area contributed by atoms with Gasteiger partial charge in [0.25, 0.3) is 0 Å². The molecule has 0 aliphatic rings. The van der Waals surface area contributed by atoms with Crippen LogP contribution in [0.4, 0.5) is 15.9 Å². The molecule has 2 aromatic rings. The molecule has 0 amide bonds. The van der Waals surface area contributed by atoms with Crippen molar-refractivity contribution in [1.29, 1.82) is 0 Å². The first-order valence-corrected chi connectivity index (χ1v) is 6.13. The standard InChI is InChI=1S/C13H13FN4O2/c1-2-7-15-13-12(18(19)20)11(16-8-17-13)9-5-3-4-6-10(9)14/h3-6,8H,2,7H2,1H3,(H,15,16,17). The molecule has 0 saturated heterocycles. The summed E-state index contributed by atoms with van der Waals surface area (Å²) in [7, 11) is 0. The summed E-state index contributed by atoms with van der Waals surface area (Å²) in [6, 6.07) is 5.81. The Morgan fingerprint density at radius 2 is 2.10 bits per heavy atom. The van der Waals surface area contributed by atoms with E-state index in [-0.39, 0.29) is 22.8 Å². The Kier molecular flexibility index (Phi) is 4.19. The summed E-state index contributed by atoms with van der Waals surface area (Å²) in [4.78, 5) is 18.4. The van der Waals surface area contributed by atoms with Gasteiger partial charge >= 0.3 is 5.69 Å². The van der Waals surface area contributed by atoms with Crippen LogP contribution in [0.25, 0.3) is 11.3 Å². The fourth-order valence-corrected chi connectivity index (χ4v) is 1.77. The highest BCUT2D eigenvalue weighted by molar-refractivity contribution is 5.76. The molecule has 0 spiro atoms. The van der Waals surface area contributed by atoms with E-state index in [1.165, 1.54) is 24.5 Å². The van der Waals surface area contributed by atoms with Crippen molar-refractivity contribution in [3.8, 4) is 11.3 Å². The number of nitrogens with zero attached hydrogens (tertiary/aromatic N) is 3. The van der Waals surface area contributed by atoms with Gasteiger partial charge in [-0.25, -0.2) is 14.4 Å². The lowest BCUT2D eigenvalue weighted by Crippen LogP contribution is -2.07. The molecule has 0 aliphatic carbocycles. The maximum Gasteiger partial charge on any atom is 0.337 e. The second-order valence-corrected chi connectivity index (χ2v) is 4.08. The minimum atomic E-state index is -0.597. The first kappa shape index (κ1) is 13.9. The smallest absolute Gasteiger partial charge is 0.337 e. The lowest BCUT2D eigenvalue weighted by atomic mass is 10.1. The summed E-state index contributed by atoms with van der Waals surface area (Å²) in [6.07, 6.45) is 1.98. The Morgan fingerprint density at radius 3 is 2.75 bits per heavy atom. The van der Waals surface area contributed by atoms with Crippen LogP contribution < -0.4 is 5.32 Å². The second-order valence-electron chi connectivity index (χ2n) is 4.08. The molecule has 1 aromatic carbocycles. The number of nitrogens with one attached hydrogen (secondary N) is 1. The van der Waals surface area contributed by atoms with E-state index in [9.17, 15) is 14.5 Å². The molecule has 0 unspecified atom stereocenters. The Hall–Kier alpha value is -2.57. The third-order valence-electron chi connectivity index (χ3n) is 2.68. The van der Waals surface area contributed by atoms with Crippen LogP contribution in [0.2, 0.25) is 0 Å². The average molecular weight is 276 g/mol. The largest absolute Gasteiger partial charge is 0.364 e. The van der Waals surface area contributed by atoms with Gasteiger partial charge in [0.15, 0.2) is 5.69 Å². The molecule has 0 bridgehead atoms. The van der Waals surface area contributed by atoms with Crippen LogP contribution in [-0.2, 0) is 0 Å². The SMILES string of the molecule is CCCNc1ncnc(-c2ccccc2F)c1[N+](=O)[O-]. The van der Waals surface area contributed by atoms with Gasteiger partial charge in [0, 0.05) is 12.1 Å². The van der Waals surface area contributed by atoms with Gasteiger partial charge < -0.3 is 5.32 Å². The minimum absolute atomic E-state index is 0.0262. The second kappa shape index (κ2) is 6.05. The average Bonchev–Trinajstić information content (AvgIpc) is 2.45. The van der Waals surface area contributed by atoms with E-state index >= 15 is 0 Å². The van der Waals surface area contributed by atoms with E-state index in [0.717, 1.165) is 6.42 Å². The van der Waals surface area contributed by atoms with E-state index in [1.807, 2.05) is 6.92 Å². The predicted octanol–water partition coefficient (Wildman–Crippen LogP) is 3.01. The maximum atomic E-state index is 13.8. The first-order chi connectivity index (χ1) is 9.65. The maximum absolute atomic E-state index is 13.8. The molecule has 0 saturated carbocycles. The molecule has 1 N–H and O–H groups in total. The summed E-state index contributed by atoms with van der Waals surface area (Å²) in [6.45, 7) is 2.46. The van der Waals surface area contributed by atoms with E-state index in [2.05, 4.69) is 15.3 Å². The van der Waals surface area contributed by atoms with Crippen molar-refractivity contribution in [2.75, 3.05) is 11.9 Å². The number of nitro groups is 1. The summed E-state index contributed by atoms with van der Waals surface area (Å²) < 4.78 is 13.8. The van der Waals surface area contributed by atoms with Gasteiger partial charge in [0.05, 0.1) is 4.92 Å². The number of anilines is 1. The van der Waals surface area contributed by atoms with Crippen molar-refractivity contribution in [2.24, 2.45) is 0 Å². The normalized spacial score (nSPS) is 10.3. The third-order valence-corrected chi connectivity index (χ3v) is 2.68. The van der Waals surface area contributed by atoms with Gasteiger partial charge in [-0.1, -0.05) is 19.1 Å². The Labute approximate surface area is 114 Å². The molecule has 6 nitrogen and oxygen atoms in total. The molecule has 20 heavy (non-hydrogen) atoms. The van der Waals surface area contributed by atoms with Gasteiger partial charge in [0.1, 0.15) is 12.1 Å². The molecule has 2 rings (SSSR count). The van der Waals surface area contributed by atoms with Crippen LogP contribution in [-0.4, -0.2) is 21.4 Å². The molecule has 0 radical (unpaired) electrons.